The molecule has 112 valence electrons. The normalized spacial score (nSPS) is 12.8. The van der Waals surface area contributed by atoms with Crippen LogP contribution in [0.25, 0.3) is 0 Å². The van der Waals surface area contributed by atoms with Crippen LogP contribution in [0.3, 0.4) is 0 Å². The Morgan fingerprint density at radius 1 is 1.45 bits per heavy atom. The van der Waals surface area contributed by atoms with Gasteiger partial charge in [-0.2, -0.15) is 0 Å². The molecule has 5 heteroatoms. The lowest BCUT2D eigenvalue weighted by Gasteiger charge is -2.20. The number of pyridine rings is 1. The number of aliphatic hydroxyl groups excluding tert-OH is 1. The van der Waals surface area contributed by atoms with Crippen molar-refractivity contribution in [3.05, 3.63) is 23.9 Å². The quantitative estimate of drug-likeness (QED) is 0.837. The van der Waals surface area contributed by atoms with Gasteiger partial charge in [0.25, 0.3) is 5.91 Å². The largest absolute Gasteiger partial charge is 0.472 e. The van der Waals surface area contributed by atoms with Gasteiger partial charge in [0.2, 0.25) is 5.88 Å². The molecule has 0 spiro atoms. The average molecular weight is 280 g/mol. The molecule has 0 aliphatic heterocycles. The number of nitrogens with one attached hydrogen (secondary N) is 1. The predicted molar refractivity (Wildman–Crippen MR) is 77.9 cm³/mol. The van der Waals surface area contributed by atoms with Gasteiger partial charge < -0.3 is 15.2 Å². The Labute approximate surface area is 120 Å². The zero-order valence-electron chi connectivity index (χ0n) is 12.6. The summed E-state index contributed by atoms with van der Waals surface area (Å²) in [5.74, 6) is 0.245. The zero-order chi connectivity index (χ0) is 15.2. The van der Waals surface area contributed by atoms with Gasteiger partial charge in [-0.1, -0.05) is 13.3 Å². The fourth-order valence-electron chi connectivity index (χ4n) is 1.64. The first kappa shape index (κ1) is 16.4. The minimum Gasteiger partial charge on any atom is -0.472 e. The maximum absolute atomic E-state index is 11.8. The molecule has 1 amide bonds. The molecule has 20 heavy (non-hydrogen) atoms. The van der Waals surface area contributed by atoms with E-state index in [-0.39, 0.29) is 18.1 Å². The number of amides is 1. The highest BCUT2D eigenvalue weighted by molar-refractivity contribution is 5.93. The summed E-state index contributed by atoms with van der Waals surface area (Å²) < 4.78 is 5.58. The molecular formula is C15H24N2O3. The second kappa shape index (κ2) is 7.24. The summed E-state index contributed by atoms with van der Waals surface area (Å²) in [4.78, 5) is 15.9. The first-order chi connectivity index (χ1) is 9.31. The lowest BCUT2D eigenvalue weighted by Crippen LogP contribution is -2.32. The molecule has 0 aromatic carbocycles. The van der Waals surface area contributed by atoms with Crippen molar-refractivity contribution in [2.24, 2.45) is 0 Å². The van der Waals surface area contributed by atoms with Crippen molar-refractivity contribution in [3.63, 3.8) is 0 Å². The van der Waals surface area contributed by atoms with Crippen LogP contribution in [0.4, 0.5) is 0 Å². The number of carbonyl (C=O) groups excluding carboxylic acids is 1. The summed E-state index contributed by atoms with van der Waals surface area (Å²) in [7, 11) is 0. The minimum atomic E-state index is -0.500. The van der Waals surface area contributed by atoms with Crippen LogP contribution in [0.1, 0.15) is 50.9 Å². The highest BCUT2D eigenvalue weighted by atomic mass is 16.5. The molecule has 1 rings (SSSR count). The smallest absolute Gasteiger partial charge is 0.252 e. The monoisotopic (exact) mass is 280 g/mol. The maximum atomic E-state index is 11.8. The van der Waals surface area contributed by atoms with E-state index in [1.807, 2.05) is 27.7 Å². The van der Waals surface area contributed by atoms with Crippen LogP contribution in [0.5, 0.6) is 5.88 Å². The summed E-state index contributed by atoms with van der Waals surface area (Å²) in [6, 6.07) is 3.33. The molecule has 1 atom stereocenters. The van der Waals surface area contributed by atoms with Crippen LogP contribution in [0.15, 0.2) is 18.3 Å². The van der Waals surface area contributed by atoms with Crippen molar-refractivity contribution >= 4 is 5.91 Å². The van der Waals surface area contributed by atoms with Gasteiger partial charge in [0.05, 0.1) is 11.7 Å². The molecule has 1 unspecified atom stereocenters. The SMILES string of the molecule is CCCC(O)CNC(=O)c1ccc(OC(C)(C)C)nc1. The van der Waals surface area contributed by atoms with Gasteiger partial charge in [-0.25, -0.2) is 4.98 Å². The van der Waals surface area contributed by atoms with Crippen LogP contribution >= 0.6 is 0 Å². The molecule has 0 saturated carbocycles. The van der Waals surface area contributed by atoms with E-state index in [4.69, 9.17) is 4.74 Å². The van der Waals surface area contributed by atoms with Crippen molar-refractivity contribution < 1.29 is 14.6 Å². The van der Waals surface area contributed by atoms with Gasteiger partial charge in [0, 0.05) is 18.8 Å². The van der Waals surface area contributed by atoms with E-state index in [9.17, 15) is 9.90 Å². The predicted octanol–water partition coefficient (Wildman–Crippen LogP) is 2.15. The van der Waals surface area contributed by atoms with Crippen molar-refractivity contribution in [1.82, 2.24) is 10.3 Å². The number of aromatic nitrogens is 1. The molecule has 2 N–H and O–H groups in total. The number of carbonyl (C=O) groups is 1. The Morgan fingerprint density at radius 2 is 2.15 bits per heavy atom. The minimum absolute atomic E-state index is 0.241. The van der Waals surface area contributed by atoms with Gasteiger partial charge in [-0.3, -0.25) is 4.79 Å². The van der Waals surface area contributed by atoms with Crippen molar-refractivity contribution in [2.45, 2.75) is 52.2 Å². The third-order valence-electron chi connectivity index (χ3n) is 2.53. The maximum Gasteiger partial charge on any atom is 0.252 e. The Balaban J connectivity index is 2.53. The molecule has 1 aromatic heterocycles. The molecule has 5 nitrogen and oxygen atoms in total. The van der Waals surface area contributed by atoms with E-state index in [2.05, 4.69) is 10.3 Å². The highest BCUT2D eigenvalue weighted by Crippen LogP contribution is 2.15. The molecule has 0 radical (unpaired) electrons. The summed E-state index contributed by atoms with van der Waals surface area (Å²) in [6.07, 6.45) is 2.54. The van der Waals surface area contributed by atoms with Gasteiger partial charge in [-0.15, -0.1) is 0 Å². The molecule has 1 heterocycles. The number of hydrogen-bond donors (Lipinski definition) is 2. The van der Waals surface area contributed by atoms with E-state index in [1.54, 1.807) is 12.1 Å². The first-order valence-electron chi connectivity index (χ1n) is 6.93. The second-order valence-electron chi connectivity index (χ2n) is 5.75. The molecular weight excluding hydrogens is 256 g/mol. The average Bonchev–Trinajstić information content (AvgIpc) is 2.35. The Morgan fingerprint density at radius 3 is 2.65 bits per heavy atom. The number of nitrogens with zero attached hydrogens (tertiary/aromatic N) is 1. The number of aliphatic hydroxyl groups is 1. The fraction of sp³-hybridized carbons (Fsp3) is 0.600. The third-order valence-corrected chi connectivity index (χ3v) is 2.53. The molecule has 1 aromatic rings. The highest BCUT2D eigenvalue weighted by Gasteiger charge is 2.13. The molecule has 0 saturated heterocycles. The van der Waals surface area contributed by atoms with Crippen molar-refractivity contribution in [3.8, 4) is 5.88 Å². The lowest BCUT2D eigenvalue weighted by atomic mass is 10.2. The Bertz CT molecular complexity index is 424. The van der Waals surface area contributed by atoms with Gasteiger partial charge in [0.1, 0.15) is 5.60 Å². The summed E-state index contributed by atoms with van der Waals surface area (Å²) in [6.45, 7) is 8.05. The van der Waals surface area contributed by atoms with Crippen LogP contribution in [0, 0.1) is 0 Å². The standard InChI is InChI=1S/C15H24N2O3/c1-5-6-12(18)10-17-14(19)11-7-8-13(16-9-11)20-15(2,3)4/h7-9,12,18H,5-6,10H2,1-4H3,(H,17,19). The number of rotatable bonds is 6. The lowest BCUT2D eigenvalue weighted by molar-refractivity contribution is 0.0909. The van der Waals surface area contributed by atoms with E-state index in [0.717, 1.165) is 6.42 Å². The van der Waals surface area contributed by atoms with Gasteiger partial charge in [0.15, 0.2) is 0 Å². The Hall–Kier alpha value is -1.62. The van der Waals surface area contributed by atoms with Crippen molar-refractivity contribution in [2.75, 3.05) is 6.54 Å². The zero-order valence-corrected chi connectivity index (χ0v) is 12.6. The van der Waals surface area contributed by atoms with Gasteiger partial charge in [-0.05, 0) is 33.3 Å². The molecule has 0 fully saturated rings. The third kappa shape index (κ3) is 6.02. The van der Waals surface area contributed by atoms with E-state index in [1.165, 1.54) is 6.20 Å². The molecule has 0 aliphatic rings. The van der Waals surface area contributed by atoms with E-state index >= 15 is 0 Å². The second-order valence-corrected chi connectivity index (χ2v) is 5.75. The van der Waals surface area contributed by atoms with Crippen LogP contribution in [-0.4, -0.2) is 34.2 Å². The first-order valence-corrected chi connectivity index (χ1v) is 6.93. The summed E-state index contributed by atoms with van der Waals surface area (Å²) >= 11 is 0. The summed E-state index contributed by atoms with van der Waals surface area (Å²) in [5, 5.41) is 12.2. The molecule has 0 bridgehead atoms. The fourth-order valence-corrected chi connectivity index (χ4v) is 1.64. The summed E-state index contributed by atoms with van der Waals surface area (Å²) in [5.41, 5.74) is 0.135. The van der Waals surface area contributed by atoms with Crippen LogP contribution < -0.4 is 10.1 Å². The van der Waals surface area contributed by atoms with Gasteiger partial charge >= 0.3 is 0 Å². The van der Waals surface area contributed by atoms with E-state index in [0.29, 0.717) is 17.9 Å². The number of hydrogen-bond acceptors (Lipinski definition) is 4. The van der Waals surface area contributed by atoms with E-state index < -0.39 is 6.10 Å². The topological polar surface area (TPSA) is 71.5 Å². The van der Waals surface area contributed by atoms with Crippen LogP contribution in [-0.2, 0) is 0 Å². The van der Waals surface area contributed by atoms with Crippen LogP contribution in [0.2, 0.25) is 0 Å². The Kier molecular flexibility index (Phi) is 5.95. The molecule has 0 aliphatic carbocycles. The van der Waals surface area contributed by atoms with Crippen molar-refractivity contribution in [1.29, 1.82) is 0 Å². The number of ether oxygens (including phenoxy) is 1.